The number of aliphatic hydroxyl groups excluding tert-OH is 2. The molecule has 16 N–H and O–H groups in total. The van der Waals surface area contributed by atoms with Crippen LogP contribution in [-0.4, -0.2) is 134 Å². The molecule has 302 valence electrons. The van der Waals surface area contributed by atoms with Gasteiger partial charge in [0.2, 0.25) is 47.3 Å². The minimum absolute atomic E-state index is 0.0113. The van der Waals surface area contributed by atoms with E-state index in [4.69, 9.17) is 17.2 Å². The third-order valence-corrected chi connectivity index (χ3v) is 7.60. The van der Waals surface area contributed by atoms with Crippen LogP contribution in [0.15, 0.2) is 12.5 Å². The third kappa shape index (κ3) is 17.2. The van der Waals surface area contributed by atoms with E-state index in [9.17, 15) is 58.5 Å². The predicted molar refractivity (Wildman–Crippen MR) is 186 cm³/mol. The van der Waals surface area contributed by atoms with Crippen LogP contribution in [0, 0.1) is 5.92 Å². The summed E-state index contributed by atoms with van der Waals surface area (Å²) in [6.45, 7) is 2.84. The highest BCUT2D eigenvalue weighted by Gasteiger charge is 2.32. The van der Waals surface area contributed by atoms with E-state index in [1.54, 1.807) is 13.8 Å². The molecule has 0 bridgehead atoms. The van der Waals surface area contributed by atoms with Crippen LogP contribution in [-0.2, 0) is 49.6 Å². The van der Waals surface area contributed by atoms with Gasteiger partial charge in [0.1, 0.15) is 30.2 Å². The van der Waals surface area contributed by atoms with Crippen LogP contribution < -0.4 is 49.1 Å². The third-order valence-electron chi connectivity index (χ3n) is 7.60. The van der Waals surface area contributed by atoms with Crippen LogP contribution in [0.3, 0.4) is 0 Å². The maximum atomic E-state index is 13.2. The van der Waals surface area contributed by atoms with Gasteiger partial charge in [0.25, 0.3) is 0 Å². The lowest BCUT2D eigenvalue weighted by molar-refractivity contribution is -0.143. The summed E-state index contributed by atoms with van der Waals surface area (Å²) >= 11 is 0. The zero-order valence-corrected chi connectivity index (χ0v) is 30.1. The number of primary amides is 2. The molecule has 0 aliphatic rings. The Morgan fingerprint density at radius 3 is 1.80 bits per heavy atom. The van der Waals surface area contributed by atoms with Gasteiger partial charge in [-0.05, 0) is 32.1 Å². The lowest BCUT2D eigenvalue weighted by Crippen LogP contribution is -2.59. The second kappa shape index (κ2) is 23.1. The number of nitrogens with one attached hydrogen (secondary N) is 7. The Kier molecular flexibility index (Phi) is 19.8. The van der Waals surface area contributed by atoms with E-state index >= 15 is 0 Å². The van der Waals surface area contributed by atoms with Gasteiger partial charge in [-0.2, -0.15) is 0 Å². The lowest BCUT2D eigenvalue weighted by Gasteiger charge is -2.26. The molecular formula is C31H51N11O12. The summed E-state index contributed by atoms with van der Waals surface area (Å²) in [6, 6.07) is -8.76. The highest BCUT2D eigenvalue weighted by molar-refractivity contribution is 5.96. The maximum absolute atomic E-state index is 13.2. The number of hydrogen-bond donors (Lipinski definition) is 13. The van der Waals surface area contributed by atoms with Gasteiger partial charge < -0.3 is 69.4 Å². The van der Waals surface area contributed by atoms with E-state index < -0.39 is 109 Å². The fourth-order valence-corrected chi connectivity index (χ4v) is 4.73. The van der Waals surface area contributed by atoms with E-state index in [0.29, 0.717) is 5.69 Å². The number of H-pyrrole nitrogens is 1. The molecule has 7 atom stereocenters. The van der Waals surface area contributed by atoms with E-state index in [-0.39, 0.29) is 44.4 Å². The van der Waals surface area contributed by atoms with Crippen LogP contribution in [0.5, 0.6) is 0 Å². The predicted octanol–water partition coefficient (Wildman–Crippen LogP) is -6.15. The zero-order chi connectivity index (χ0) is 41.1. The van der Waals surface area contributed by atoms with Crippen LogP contribution in [0.1, 0.15) is 58.6 Å². The molecule has 1 rings (SSSR count). The van der Waals surface area contributed by atoms with Gasteiger partial charge >= 0.3 is 5.97 Å². The van der Waals surface area contributed by atoms with Crippen molar-refractivity contribution in [1.82, 2.24) is 41.9 Å². The molecule has 0 saturated heterocycles. The Bertz CT molecular complexity index is 1470. The average molecular weight is 770 g/mol. The summed E-state index contributed by atoms with van der Waals surface area (Å²) < 4.78 is 0. The number of aliphatic hydroxyl groups is 2. The Balaban J connectivity index is 2.95. The highest BCUT2D eigenvalue weighted by Crippen LogP contribution is 2.07. The Morgan fingerprint density at radius 1 is 0.759 bits per heavy atom. The van der Waals surface area contributed by atoms with E-state index in [2.05, 4.69) is 41.9 Å². The van der Waals surface area contributed by atoms with Crippen molar-refractivity contribution in [2.24, 2.45) is 23.1 Å². The maximum Gasteiger partial charge on any atom is 0.326 e. The second-order valence-electron chi connectivity index (χ2n) is 12.8. The first-order valence-corrected chi connectivity index (χ1v) is 16.8. The first-order valence-electron chi connectivity index (χ1n) is 16.8. The van der Waals surface area contributed by atoms with Crippen LogP contribution in [0.2, 0.25) is 0 Å². The van der Waals surface area contributed by atoms with Crippen molar-refractivity contribution in [1.29, 1.82) is 0 Å². The number of carboxylic acid groups (broad SMARTS) is 1. The van der Waals surface area contributed by atoms with E-state index in [1.807, 2.05) is 0 Å². The number of imidazole rings is 1. The van der Waals surface area contributed by atoms with Gasteiger partial charge in [-0.15, -0.1) is 0 Å². The van der Waals surface area contributed by atoms with Crippen LogP contribution in [0.4, 0.5) is 0 Å². The molecular weight excluding hydrogens is 718 g/mol. The van der Waals surface area contributed by atoms with Gasteiger partial charge in [-0.25, -0.2) is 9.78 Å². The molecule has 0 spiro atoms. The number of aliphatic carboxylic acids is 1. The number of nitrogens with two attached hydrogens (primary N) is 3. The summed E-state index contributed by atoms with van der Waals surface area (Å²) in [7, 11) is 0. The van der Waals surface area contributed by atoms with Gasteiger partial charge in [-0.1, -0.05) is 13.8 Å². The van der Waals surface area contributed by atoms with Crippen molar-refractivity contribution in [2.45, 2.75) is 102 Å². The van der Waals surface area contributed by atoms with Gasteiger partial charge in [0.15, 0.2) is 0 Å². The first-order chi connectivity index (χ1) is 25.2. The van der Waals surface area contributed by atoms with Gasteiger partial charge in [0, 0.05) is 31.2 Å². The van der Waals surface area contributed by atoms with Crippen molar-refractivity contribution in [2.75, 3.05) is 13.2 Å². The molecule has 1 heterocycles. The number of hydrogen-bond acceptors (Lipinski definition) is 13. The Labute approximate surface area is 309 Å². The Hall–Kier alpha value is -5.68. The average Bonchev–Trinajstić information content (AvgIpc) is 3.60. The number of rotatable bonds is 25. The number of nitrogens with zero attached hydrogens (tertiary/aromatic N) is 1. The number of amides is 8. The second-order valence-corrected chi connectivity index (χ2v) is 12.8. The largest absolute Gasteiger partial charge is 0.480 e. The first kappa shape index (κ1) is 46.3. The summed E-state index contributed by atoms with van der Waals surface area (Å²) in [5, 5.41) is 43.0. The Morgan fingerprint density at radius 2 is 1.30 bits per heavy atom. The molecule has 0 unspecified atom stereocenters. The van der Waals surface area contributed by atoms with Gasteiger partial charge in [0.05, 0.1) is 31.6 Å². The number of carboxylic acids is 1. The molecule has 23 heteroatoms. The zero-order valence-electron chi connectivity index (χ0n) is 30.1. The molecule has 0 aromatic carbocycles. The SMILES string of the molecule is CC(C)C[C@H](NC(=O)[C@H](CO)NC(=O)[C@H](CCC(N)=O)NC(=O)[C@@H](N)Cc1cnc[nH]1)C(=O)NCC(=O)N[C@H](C(=O)N[C@@H](CCC(N)=O)C(=O)O)[C@@H](C)O. The fourth-order valence-electron chi connectivity index (χ4n) is 4.73. The minimum atomic E-state index is -1.67. The molecule has 1 aromatic heterocycles. The molecule has 0 aliphatic carbocycles. The molecule has 0 fully saturated rings. The summed E-state index contributed by atoms with van der Waals surface area (Å²) in [6.07, 6.45) is -0.00247. The fraction of sp³-hybridized carbons (Fsp3) is 0.613. The molecule has 1 aromatic rings. The van der Waals surface area contributed by atoms with Crippen molar-refractivity contribution in [3.63, 3.8) is 0 Å². The number of carbonyl (C=O) groups excluding carboxylic acids is 8. The smallest absolute Gasteiger partial charge is 0.326 e. The number of aromatic amines is 1. The molecule has 54 heavy (non-hydrogen) atoms. The monoisotopic (exact) mass is 769 g/mol. The van der Waals surface area contributed by atoms with E-state index in [0.717, 1.165) is 6.92 Å². The van der Waals surface area contributed by atoms with E-state index in [1.165, 1.54) is 12.5 Å². The summed E-state index contributed by atoms with van der Waals surface area (Å²) in [4.78, 5) is 118. The van der Waals surface area contributed by atoms with Crippen molar-refractivity contribution in [3.05, 3.63) is 18.2 Å². The van der Waals surface area contributed by atoms with Gasteiger partial charge in [-0.3, -0.25) is 38.4 Å². The molecule has 23 nitrogen and oxygen atoms in total. The number of aromatic nitrogens is 2. The quantitative estimate of drug-likeness (QED) is 0.0440. The van der Waals surface area contributed by atoms with Crippen LogP contribution in [0.25, 0.3) is 0 Å². The van der Waals surface area contributed by atoms with Crippen LogP contribution >= 0.6 is 0 Å². The highest BCUT2D eigenvalue weighted by atomic mass is 16.4. The van der Waals surface area contributed by atoms with Crippen molar-refractivity contribution >= 4 is 53.2 Å². The summed E-state index contributed by atoms with van der Waals surface area (Å²) in [5.41, 5.74) is 16.7. The normalized spacial score (nSPS) is 14.9. The topological polar surface area (TPSA) is 393 Å². The minimum Gasteiger partial charge on any atom is -0.480 e. The summed E-state index contributed by atoms with van der Waals surface area (Å²) in [5.74, 6) is -9.06. The number of carbonyl (C=O) groups is 9. The standard InChI is InChI=1S/C31H51N11O12/c1-14(2)8-20(27(49)36-11-24(47)42-25(15(3)44)30(52)39-19(31(53)54)5-7-23(34)46)40-29(51)21(12-43)41-28(50)18(4-6-22(33)45)38-26(48)17(32)9-16-10-35-13-37-16/h10,13-15,17-21,25,43-44H,4-9,11-12,32H2,1-3H3,(H2,33,45)(H2,34,46)(H,35,37)(H,36,49)(H,38,48)(H,39,52)(H,40,51)(H,41,50)(H,42,47)(H,53,54)/t15-,17+,18+,19+,20+,21+,25+/m1/s1. The van der Waals surface area contributed by atoms with Crippen molar-refractivity contribution in [3.8, 4) is 0 Å². The molecule has 0 radical (unpaired) electrons. The molecule has 8 amide bonds. The molecule has 0 saturated carbocycles. The lowest BCUT2D eigenvalue weighted by atomic mass is 10.0. The van der Waals surface area contributed by atoms with Crippen molar-refractivity contribution < 1.29 is 58.5 Å². The molecule has 0 aliphatic heterocycles.